The van der Waals surface area contributed by atoms with Crippen LogP contribution in [0.3, 0.4) is 0 Å². The smallest absolute Gasteiger partial charge is 0.195 e. The predicted octanol–water partition coefficient (Wildman–Crippen LogP) is 2.13. The van der Waals surface area contributed by atoms with Crippen LogP contribution in [0.25, 0.3) is 0 Å². The van der Waals surface area contributed by atoms with Crippen molar-refractivity contribution in [2.45, 2.75) is 58.7 Å². The van der Waals surface area contributed by atoms with Gasteiger partial charge < -0.3 is 10.2 Å². The largest absolute Gasteiger partial charge is 0.387 e. The van der Waals surface area contributed by atoms with Gasteiger partial charge in [0.1, 0.15) is 5.60 Å². The Morgan fingerprint density at radius 2 is 1.95 bits per heavy atom. The van der Waals surface area contributed by atoms with E-state index < -0.39 is 22.5 Å². The Balaban J connectivity index is 2.25. The van der Waals surface area contributed by atoms with E-state index in [4.69, 9.17) is 0 Å². The molecule has 19 heavy (non-hydrogen) atoms. The third-order valence-electron chi connectivity index (χ3n) is 5.91. The zero-order chi connectivity index (χ0) is 14.2. The molecule has 3 aliphatic rings. The molecule has 0 unspecified atom stereocenters. The highest BCUT2D eigenvalue weighted by molar-refractivity contribution is 6.09. The van der Waals surface area contributed by atoms with Crippen LogP contribution in [0.1, 0.15) is 47.0 Å². The minimum atomic E-state index is -1.31. The molecule has 3 aliphatic carbocycles. The summed E-state index contributed by atoms with van der Waals surface area (Å²) < 4.78 is 0. The average molecular weight is 262 g/mol. The minimum absolute atomic E-state index is 0.207. The second-order valence-corrected chi connectivity index (χ2v) is 6.84. The molecule has 0 amide bonds. The van der Waals surface area contributed by atoms with E-state index >= 15 is 0 Å². The second kappa shape index (κ2) is 3.39. The molecule has 0 saturated heterocycles. The summed E-state index contributed by atoms with van der Waals surface area (Å²) >= 11 is 0. The van der Waals surface area contributed by atoms with Gasteiger partial charge in [-0.1, -0.05) is 25.5 Å². The van der Waals surface area contributed by atoms with Gasteiger partial charge in [0.15, 0.2) is 5.78 Å². The Kier molecular flexibility index (Phi) is 2.33. The van der Waals surface area contributed by atoms with Crippen molar-refractivity contribution in [1.82, 2.24) is 0 Å². The fraction of sp³-hybridized carbons (Fsp3) is 0.688. The lowest BCUT2D eigenvalue weighted by molar-refractivity contribution is -0.138. The monoisotopic (exact) mass is 262 g/mol. The van der Waals surface area contributed by atoms with Crippen LogP contribution in [0, 0.1) is 10.8 Å². The van der Waals surface area contributed by atoms with Gasteiger partial charge in [-0.05, 0) is 38.7 Å². The van der Waals surface area contributed by atoms with Crippen molar-refractivity contribution >= 4 is 5.78 Å². The number of aliphatic hydroxyl groups is 2. The third-order valence-corrected chi connectivity index (χ3v) is 5.91. The van der Waals surface area contributed by atoms with Gasteiger partial charge in [0.2, 0.25) is 0 Å². The van der Waals surface area contributed by atoms with Gasteiger partial charge in [0.05, 0.1) is 6.10 Å². The minimum Gasteiger partial charge on any atom is -0.387 e. The van der Waals surface area contributed by atoms with Crippen molar-refractivity contribution in [2.24, 2.45) is 10.8 Å². The number of hydrogen-bond donors (Lipinski definition) is 2. The van der Waals surface area contributed by atoms with Gasteiger partial charge in [-0.2, -0.15) is 0 Å². The highest BCUT2D eigenvalue weighted by atomic mass is 16.3. The van der Waals surface area contributed by atoms with E-state index in [1.54, 1.807) is 6.92 Å². The molecule has 1 fully saturated rings. The highest BCUT2D eigenvalue weighted by Gasteiger charge is 2.66. The molecule has 3 atom stereocenters. The fourth-order valence-electron chi connectivity index (χ4n) is 3.94. The quantitative estimate of drug-likeness (QED) is 0.761. The van der Waals surface area contributed by atoms with E-state index in [-0.39, 0.29) is 5.78 Å². The summed E-state index contributed by atoms with van der Waals surface area (Å²) in [5.41, 5.74) is 0.239. The molecule has 1 spiro atoms. The van der Waals surface area contributed by atoms with Crippen LogP contribution < -0.4 is 0 Å². The van der Waals surface area contributed by atoms with Gasteiger partial charge in [-0.15, -0.1) is 0 Å². The molecule has 3 nitrogen and oxygen atoms in total. The number of aliphatic hydroxyl groups excluding tert-OH is 1. The first-order valence-corrected chi connectivity index (χ1v) is 7.11. The molecule has 0 heterocycles. The van der Waals surface area contributed by atoms with Gasteiger partial charge in [-0.3, -0.25) is 4.79 Å². The van der Waals surface area contributed by atoms with Crippen molar-refractivity contribution in [3.8, 4) is 0 Å². The van der Waals surface area contributed by atoms with Crippen LogP contribution in [0.15, 0.2) is 22.8 Å². The number of fused-ring (bicyclic) bond motifs is 1. The number of carbonyl (C=O) groups is 1. The molecule has 0 aromatic carbocycles. The van der Waals surface area contributed by atoms with Crippen molar-refractivity contribution in [2.75, 3.05) is 0 Å². The summed E-state index contributed by atoms with van der Waals surface area (Å²) in [6.07, 6.45) is 3.71. The van der Waals surface area contributed by atoms with E-state index in [0.29, 0.717) is 5.57 Å². The summed E-state index contributed by atoms with van der Waals surface area (Å²) in [6, 6.07) is 0. The maximum Gasteiger partial charge on any atom is 0.195 e. The predicted molar refractivity (Wildman–Crippen MR) is 72.5 cm³/mol. The van der Waals surface area contributed by atoms with Gasteiger partial charge >= 0.3 is 0 Å². The van der Waals surface area contributed by atoms with Gasteiger partial charge in [-0.25, -0.2) is 0 Å². The SMILES string of the molecule is CC[C@]1(C)C=C2C(=O)[C@](C)(O)C3(CC3)C(C)=C2[C@H]1O. The van der Waals surface area contributed by atoms with Gasteiger partial charge in [0.25, 0.3) is 0 Å². The van der Waals surface area contributed by atoms with Crippen molar-refractivity contribution in [3.05, 3.63) is 22.8 Å². The number of rotatable bonds is 1. The maximum atomic E-state index is 12.6. The standard InChI is InChI=1S/C16H22O3/c1-5-14(3)8-10-11(13(14)18)9(2)16(6-7-16)15(4,19)12(10)17/h8,13,18-19H,5-7H2,1-4H3/t13-,14-,15+/m1/s1. The van der Waals surface area contributed by atoms with Gasteiger partial charge in [0, 0.05) is 16.4 Å². The molecule has 0 aliphatic heterocycles. The lowest BCUT2D eigenvalue weighted by Crippen LogP contribution is -2.50. The van der Waals surface area contributed by atoms with Crippen LogP contribution in [-0.4, -0.2) is 27.7 Å². The second-order valence-electron chi connectivity index (χ2n) is 6.84. The van der Waals surface area contributed by atoms with Crippen LogP contribution in [0.2, 0.25) is 0 Å². The lowest BCUT2D eigenvalue weighted by atomic mass is 9.67. The van der Waals surface area contributed by atoms with E-state index in [1.807, 2.05) is 26.8 Å². The zero-order valence-corrected chi connectivity index (χ0v) is 12.1. The summed E-state index contributed by atoms with van der Waals surface area (Å²) in [5.74, 6) is -0.207. The van der Waals surface area contributed by atoms with E-state index in [9.17, 15) is 15.0 Å². The van der Waals surface area contributed by atoms with Crippen LogP contribution in [0.4, 0.5) is 0 Å². The summed E-state index contributed by atoms with van der Waals surface area (Å²) in [5, 5.41) is 21.3. The molecular formula is C16H22O3. The van der Waals surface area contributed by atoms with Crippen LogP contribution >= 0.6 is 0 Å². The number of carbonyl (C=O) groups excluding carboxylic acids is 1. The third kappa shape index (κ3) is 1.28. The summed E-state index contributed by atoms with van der Waals surface area (Å²) in [7, 11) is 0. The van der Waals surface area contributed by atoms with Crippen LogP contribution in [0.5, 0.6) is 0 Å². The fourth-order valence-corrected chi connectivity index (χ4v) is 3.94. The van der Waals surface area contributed by atoms with Crippen molar-refractivity contribution < 1.29 is 15.0 Å². The van der Waals surface area contributed by atoms with Crippen LogP contribution in [-0.2, 0) is 4.79 Å². The van der Waals surface area contributed by atoms with E-state index in [1.165, 1.54) is 0 Å². The normalized spacial score (nSPS) is 43.6. The Hall–Kier alpha value is -0.930. The zero-order valence-electron chi connectivity index (χ0n) is 12.1. The molecular weight excluding hydrogens is 240 g/mol. The van der Waals surface area contributed by atoms with E-state index in [0.717, 1.165) is 30.4 Å². The topological polar surface area (TPSA) is 57.5 Å². The first kappa shape index (κ1) is 13.1. The Morgan fingerprint density at radius 3 is 2.42 bits per heavy atom. The van der Waals surface area contributed by atoms with E-state index in [2.05, 4.69) is 0 Å². The molecule has 0 aromatic heterocycles. The van der Waals surface area contributed by atoms with Crippen molar-refractivity contribution in [3.63, 3.8) is 0 Å². The lowest BCUT2D eigenvalue weighted by Gasteiger charge is -2.39. The molecule has 3 rings (SSSR count). The average Bonchev–Trinajstić information content (AvgIpc) is 3.12. The number of hydrogen-bond acceptors (Lipinski definition) is 3. The summed E-state index contributed by atoms with van der Waals surface area (Å²) in [4.78, 5) is 12.6. The highest BCUT2D eigenvalue weighted by Crippen LogP contribution is 2.65. The maximum absolute atomic E-state index is 12.6. The number of ketones is 1. The van der Waals surface area contributed by atoms with Crippen molar-refractivity contribution in [1.29, 1.82) is 0 Å². The molecule has 0 aromatic rings. The Bertz CT molecular complexity index is 534. The molecule has 0 radical (unpaired) electrons. The molecule has 104 valence electrons. The molecule has 0 bridgehead atoms. The number of Topliss-reactive ketones (excluding diaryl/α,β-unsaturated/α-hetero) is 1. The first-order chi connectivity index (χ1) is 8.71. The summed E-state index contributed by atoms with van der Waals surface area (Å²) in [6.45, 7) is 7.60. The molecule has 3 heteroatoms. The Labute approximate surface area is 114 Å². The Morgan fingerprint density at radius 1 is 1.37 bits per heavy atom. The molecule has 1 saturated carbocycles. The first-order valence-electron chi connectivity index (χ1n) is 7.11. The molecule has 2 N–H and O–H groups in total.